The Bertz CT molecular complexity index is 1450. The van der Waals surface area contributed by atoms with E-state index in [1.165, 1.54) is 13.2 Å². The van der Waals surface area contributed by atoms with Gasteiger partial charge in [0.2, 0.25) is 0 Å². The van der Waals surface area contributed by atoms with Crippen molar-refractivity contribution in [3.05, 3.63) is 102 Å². The van der Waals surface area contributed by atoms with Crippen LogP contribution >= 0.6 is 0 Å². The fourth-order valence-corrected chi connectivity index (χ4v) is 4.15. The van der Waals surface area contributed by atoms with E-state index in [0.717, 1.165) is 21.4 Å². The van der Waals surface area contributed by atoms with Crippen LogP contribution in [0.3, 0.4) is 0 Å². The molecule has 0 saturated carbocycles. The second kappa shape index (κ2) is 8.71. The van der Waals surface area contributed by atoms with Crippen molar-refractivity contribution in [1.82, 2.24) is 9.88 Å². The molecule has 4 aromatic rings. The molecule has 0 unspecified atom stereocenters. The molecule has 2 heterocycles. The minimum Gasteiger partial charge on any atom is -0.495 e. The Labute approximate surface area is 195 Å². The molecule has 34 heavy (non-hydrogen) atoms. The van der Waals surface area contributed by atoms with Gasteiger partial charge < -0.3 is 9.30 Å². The number of barbiturate groups is 1. The molecular formula is C27H21N3O4. The van der Waals surface area contributed by atoms with Crippen LogP contribution in [-0.4, -0.2) is 29.5 Å². The third-order valence-electron chi connectivity index (χ3n) is 5.74. The summed E-state index contributed by atoms with van der Waals surface area (Å²) in [6.07, 6.45) is 3.45. The molecule has 1 aromatic heterocycles. The molecule has 3 aromatic carbocycles. The van der Waals surface area contributed by atoms with Crippen molar-refractivity contribution in [3.63, 3.8) is 0 Å². The van der Waals surface area contributed by atoms with Gasteiger partial charge in [0, 0.05) is 29.2 Å². The van der Waals surface area contributed by atoms with Crippen molar-refractivity contribution in [3.8, 4) is 5.75 Å². The van der Waals surface area contributed by atoms with Crippen LogP contribution in [0.4, 0.5) is 10.5 Å². The number of rotatable bonds is 5. The highest BCUT2D eigenvalue weighted by Gasteiger charge is 2.38. The topological polar surface area (TPSA) is 80.6 Å². The zero-order valence-corrected chi connectivity index (χ0v) is 18.4. The summed E-state index contributed by atoms with van der Waals surface area (Å²) in [5.41, 5.74) is 2.94. The van der Waals surface area contributed by atoms with E-state index in [2.05, 4.69) is 9.88 Å². The quantitative estimate of drug-likeness (QED) is 0.361. The number of carbonyl (C=O) groups excluding carboxylic acids is 3. The minimum absolute atomic E-state index is 0.131. The second-order valence-corrected chi connectivity index (χ2v) is 7.84. The number of aromatic nitrogens is 1. The number of hydrogen-bond acceptors (Lipinski definition) is 4. The van der Waals surface area contributed by atoms with Gasteiger partial charge in [-0.2, -0.15) is 0 Å². The number of carbonyl (C=O) groups is 3. The number of methoxy groups -OCH3 is 1. The van der Waals surface area contributed by atoms with Crippen LogP contribution in [0.2, 0.25) is 0 Å². The van der Waals surface area contributed by atoms with E-state index >= 15 is 0 Å². The van der Waals surface area contributed by atoms with Crippen LogP contribution in [-0.2, 0) is 16.1 Å². The molecule has 1 fully saturated rings. The molecule has 0 aliphatic carbocycles. The predicted molar refractivity (Wildman–Crippen MR) is 129 cm³/mol. The van der Waals surface area contributed by atoms with E-state index in [9.17, 15) is 14.4 Å². The maximum atomic E-state index is 13.4. The molecular weight excluding hydrogens is 430 g/mol. The lowest BCUT2D eigenvalue weighted by Crippen LogP contribution is -2.54. The lowest BCUT2D eigenvalue weighted by atomic mass is 10.1. The number of nitrogens with one attached hydrogen (secondary N) is 1. The number of amides is 4. The van der Waals surface area contributed by atoms with Crippen molar-refractivity contribution in [2.24, 2.45) is 0 Å². The van der Waals surface area contributed by atoms with Crippen molar-refractivity contribution in [2.45, 2.75) is 6.54 Å². The normalized spacial score (nSPS) is 15.1. The molecule has 0 atom stereocenters. The highest BCUT2D eigenvalue weighted by molar-refractivity contribution is 6.39. The maximum Gasteiger partial charge on any atom is 0.336 e. The molecule has 7 nitrogen and oxygen atoms in total. The van der Waals surface area contributed by atoms with Crippen LogP contribution in [0.15, 0.2) is 90.6 Å². The molecule has 0 radical (unpaired) electrons. The molecule has 1 aliphatic heterocycles. The van der Waals surface area contributed by atoms with Crippen molar-refractivity contribution in [2.75, 3.05) is 12.0 Å². The van der Waals surface area contributed by atoms with Crippen molar-refractivity contribution < 1.29 is 19.1 Å². The summed E-state index contributed by atoms with van der Waals surface area (Å²) in [7, 11) is 1.45. The summed E-state index contributed by atoms with van der Waals surface area (Å²) >= 11 is 0. The number of fused-ring (bicyclic) bond motifs is 1. The Balaban J connectivity index is 1.58. The van der Waals surface area contributed by atoms with Gasteiger partial charge in [0.25, 0.3) is 11.8 Å². The van der Waals surface area contributed by atoms with Gasteiger partial charge in [-0.15, -0.1) is 0 Å². The van der Waals surface area contributed by atoms with E-state index in [1.54, 1.807) is 24.3 Å². The van der Waals surface area contributed by atoms with Crippen LogP contribution < -0.4 is 15.0 Å². The first-order valence-electron chi connectivity index (χ1n) is 10.7. The molecule has 0 spiro atoms. The summed E-state index contributed by atoms with van der Waals surface area (Å²) < 4.78 is 7.39. The smallest absolute Gasteiger partial charge is 0.336 e. The highest BCUT2D eigenvalue weighted by atomic mass is 16.5. The SMILES string of the molecule is COc1ccccc1N1C(=O)NC(=O)/C(=C\c2cn(Cc3ccccc3)c3ccccc23)C1=O. The first-order chi connectivity index (χ1) is 16.6. The molecule has 1 aliphatic rings. The van der Waals surface area contributed by atoms with Crippen LogP contribution in [0.1, 0.15) is 11.1 Å². The standard InChI is InChI=1S/C27H21N3O4/c1-34-24-14-8-7-13-23(24)30-26(32)21(25(31)28-27(30)33)15-19-17-29(16-18-9-3-2-4-10-18)22-12-6-5-11-20(19)22/h2-15,17H,16H2,1H3,(H,28,31,33)/b21-15+. The van der Waals surface area contributed by atoms with Gasteiger partial charge in [0.05, 0.1) is 12.8 Å². The lowest BCUT2D eigenvalue weighted by Gasteiger charge is -2.27. The Morgan fingerprint density at radius 3 is 2.38 bits per heavy atom. The van der Waals surface area contributed by atoms with Gasteiger partial charge in [-0.05, 0) is 29.8 Å². The van der Waals surface area contributed by atoms with E-state index in [0.29, 0.717) is 17.9 Å². The molecule has 168 valence electrons. The fourth-order valence-electron chi connectivity index (χ4n) is 4.15. The summed E-state index contributed by atoms with van der Waals surface area (Å²) in [6, 6.07) is 23.7. The fraction of sp³-hybridized carbons (Fsp3) is 0.0741. The number of urea groups is 1. The zero-order chi connectivity index (χ0) is 23.7. The summed E-state index contributed by atoms with van der Waals surface area (Å²) in [6.45, 7) is 0.635. The van der Waals surface area contributed by atoms with E-state index in [1.807, 2.05) is 60.8 Å². The van der Waals surface area contributed by atoms with E-state index in [4.69, 9.17) is 4.74 Å². The van der Waals surface area contributed by atoms with Gasteiger partial charge in [0.15, 0.2) is 0 Å². The number of imide groups is 2. The van der Waals surface area contributed by atoms with Crippen LogP contribution in [0.25, 0.3) is 17.0 Å². The third kappa shape index (κ3) is 3.73. The third-order valence-corrected chi connectivity index (χ3v) is 5.74. The Hall–Kier alpha value is -4.65. The number of ether oxygens (including phenoxy) is 1. The Kier molecular flexibility index (Phi) is 5.43. The monoisotopic (exact) mass is 451 g/mol. The number of hydrogen-bond donors (Lipinski definition) is 1. The lowest BCUT2D eigenvalue weighted by molar-refractivity contribution is -0.122. The van der Waals surface area contributed by atoms with Gasteiger partial charge in [0.1, 0.15) is 11.3 Å². The molecule has 1 N–H and O–H groups in total. The number of nitrogens with zero attached hydrogens (tertiary/aromatic N) is 2. The van der Waals surface area contributed by atoms with Crippen LogP contribution in [0, 0.1) is 0 Å². The van der Waals surface area contributed by atoms with E-state index in [-0.39, 0.29) is 11.3 Å². The number of benzene rings is 3. The number of para-hydroxylation sites is 3. The first-order valence-corrected chi connectivity index (χ1v) is 10.7. The first kappa shape index (κ1) is 21.2. The Morgan fingerprint density at radius 1 is 0.882 bits per heavy atom. The highest BCUT2D eigenvalue weighted by Crippen LogP contribution is 2.31. The van der Waals surface area contributed by atoms with Crippen molar-refractivity contribution >= 4 is 40.5 Å². The van der Waals surface area contributed by atoms with Gasteiger partial charge in [-0.3, -0.25) is 14.9 Å². The van der Waals surface area contributed by atoms with E-state index < -0.39 is 17.8 Å². The van der Waals surface area contributed by atoms with Gasteiger partial charge in [-0.25, -0.2) is 9.69 Å². The average Bonchev–Trinajstić information content (AvgIpc) is 3.19. The minimum atomic E-state index is -0.817. The molecule has 4 amide bonds. The Morgan fingerprint density at radius 2 is 1.59 bits per heavy atom. The maximum absolute atomic E-state index is 13.4. The molecule has 5 rings (SSSR count). The largest absolute Gasteiger partial charge is 0.495 e. The predicted octanol–water partition coefficient (Wildman–Crippen LogP) is 4.36. The van der Waals surface area contributed by atoms with Gasteiger partial charge >= 0.3 is 6.03 Å². The molecule has 0 bridgehead atoms. The second-order valence-electron chi connectivity index (χ2n) is 7.84. The summed E-state index contributed by atoms with van der Waals surface area (Å²) in [5.74, 6) is -1.10. The van der Waals surface area contributed by atoms with Gasteiger partial charge in [-0.1, -0.05) is 60.7 Å². The summed E-state index contributed by atoms with van der Waals surface area (Å²) in [4.78, 5) is 39.6. The average molecular weight is 451 g/mol. The van der Waals surface area contributed by atoms with Crippen molar-refractivity contribution in [1.29, 1.82) is 0 Å². The number of anilines is 1. The summed E-state index contributed by atoms with van der Waals surface area (Å²) in [5, 5.41) is 3.17. The van der Waals surface area contributed by atoms with Crippen LogP contribution in [0.5, 0.6) is 5.75 Å². The zero-order valence-electron chi connectivity index (χ0n) is 18.4. The molecule has 1 saturated heterocycles. The molecule has 7 heteroatoms.